The first-order valence-electron chi connectivity index (χ1n) is 7.92. The maximum Gasteiger partial charge on any atom is 0.281 e. The van der Waals surface area contributed by atoms with Gasteiger partial charge in [-0.15, -0.1) is 0 Å². The molecule has 0 radical (unpaired) electrons. The number of carboxylic acids is 1. The number of anilines is 1. The number of carboxylic acid groups (broad SMARTS) is 1. The number of methoxy groups -OCH3 is 1. The molecule has 27 heavy (non-hydrogen) atoms. The lowest BCUT2D eigenvalue weighted by atomic mass is 10.1. The van der Waals surface area contributed by atoms with Gasteiger partial charge < -0.3 is 24.7 Å². The van der Waals surface area contributed by atoms with Crippen LogP contribution in [0, 0.1) is 0 Å². The molecule has 1 amide bonds. The predicted molar refractivity (Wildman–Crippen MR) is 101 cm³/mol. The van der Waals surface area contributed by atoms with Crippen LogP contribution in [0.2, 0.25) is 0 Å². The normalized spacial score (nSPS) is 15.0. The van der Waals surface area contributed by atoms with Crippen molar-refractivity contribution in [2.75, 3.05) is 18.6 Å². The molecule has 2 aromatic rings. The van der Waals surface area contributed by atoms with E-state index in [0.717, 1.165) is 0 Å². The third-order valence-electron chi connectivity index (χ3n) is 3.77. The van der Waals surface area contributed by atoms with E-state index in [4.69, 9.17) is 21.7 Å². The van der Waals surface area contributed by atoms with Crippen LogP contribution in [0.3, 0.4) is 0 Å². The Morgan fingerprint density at radius 1 is 1.22 bits per heavy atom. The Morgan fingerprint density at radius 2 is 1.93 bits per heavy atom. The summed E-state index contributed by atoms with van der Waals surface area (Å²) in [4.78, 5) is 24.8. The van der Waals surface area contributed by atoms with Gasteiger partial charge in [-0.3, -0.25) is 9.69 Å². The van der Waals surface area contributed by atoms with Crippen molar-refractivity contribution < 1.29 is 24.2 Å². The standard InChI is InChI=1S/C19H16N2O5S/c1-25-14-8-6-13(7-9-14)21-18(24)15(20-19(21)27)10-12-4-2-3-5-16(12)26-11-17(22)23/h2-10H,11H2,1H3,(H,20,27)(H,22,23)/p-1/b15-10-. The molecule has 1 N–H and O–H groups in total. The van der Waals surface area contributed by atoms with Gasteiger partial charge in [-0.25, -0.2) is 0 Å². The molecule has 0 unspecified atom stereocenters. The first-order valence-corrected chi connectivity index (χ1v) is 8.33. The Kier molecular flexibility index (Phi) is 5.37. The van der Waals surface area contributed by atoms with Gasteiger partial charge in [-0.1, -0.05) is 18.2 Å². The highest BCUT2D eigenvalue weighted by Gasteiger charge is 2.32. The summed E-state index contributed by atoms with van der Waals surface area (Å²) in [6.45, 7) is -0.585. The van der Waals surface area contributed by atoms with Crippen molar-refractivity contribution in [2.24, 2.45) is 0 Å². The number of para-hydroxylation sites is 1. The SMILES string of the molecule is COc1ccc(N2C(=O)/C(=C/c3ccccc3OCC(=O)[O-])NC2=S)cc1. The number of rotatable bonds is 6. The number of nitrogens with one attached hydrogen (secondary N) is 1. The zero-order valence-electron chi connectivity index (χ0n) is 14.3. The van der Waals surface area contributed by atoms with Crippen LogP contribution < -0.4 is 24.8 Å². The number of benzene rings is 2. The van der Waals surface area contributed by atoms with Gasteiger partial charge in [0.1, 0.15) is 23.8 Å². The monoisotopic (exact) mass is 383 g/mol. The molecule has 0 saturated carbocycles. The van der Waals surface area contributed by atoms with E-state index in [0.29, 0.717) is 22.7 Å². The molecule has 1 saturated heterocycles. The van der Waals surface area contributed by atoms with Crippen molar-refractivity contribution >= 4 is 41.0 Å². The Hall–Kier alpha value is -3.39. The van der Waals surface area contributed by atoms with E-state index < -0.39 is 12.6 Å². The van der Waals surface area contributed by atoms with Crippen molar-refractivity contribution in [2.45, 2.75) is 0 Å². The second-order valence-corrected chi connectivity index (χ2v) is 5.91. The highest BCUT2D eigenvalue weighted by atomic mass is 32.1. The molecule has 138 valence electrons. The quantitative estimate of drug-likeness (QED) is 0.590. The summed E-state index contributed by atoms with van der Waals surface area (Å²) < 4.78 is 10.3. The van der Waals surface area contributed by atoms with Gasteiger partial charge in [0, 0.05) is 5.56 Å². The highest BCUT2D eigenvalue weighted by molar-refractivity contribution is 7.80. The summed E-state index contributed by atoms with van der Waals surface area (Å²) in [5, 5.41) is 13.7. The zero-order chi connectivity index (χ0) is 19.4. The van der Waals surface area contributed by atoms with Gasteiger partial charge in [0.15, 0.2) is 5.11 Å². The molecule has 0 aromatic heterocycles. The Labute approximate surface area is 160 Å². The Bertz CT molecular complexity index is 924. The van der Waals surface area contributed by atoms with Gasteiger partial charge in [0.05, 0.1) is 18.8 Å². The van der Waals surface area contributed by atoms with E-state index in [1.54, 1.807) is 61.7 Å². The number of hydrogen-bond acceptors (Lipinski definition) is 6. The van der Waals surface area contributed by atoms with Crippen molar-refractivity contribution in [3.63, 3.8) is 0 Å². The fourth-order valence-electron chi connectivity index (χ4n) is 2.52. The predicted octanol–water partition coefficient (Wildman–Crippen LogP) is 1.09. The molecular weight excluding hydrogens is 368 g/mol. The summed E-state index contributed by atoms with van der Waals surface area (Å²) in [5.74, 6) is -0.684. The third kappa shape index (κ3) is 4.06. The van der Waals surface area contributed by atoms with E-state index >= 15 is 0 Å². The molecule has 0 atom stereocenters. The van der Waals surface area contributed by atoms with Gasteiger partial charge in [-0.05, 0) is 48.6 Å². The molecule has 0 bridgehead atoms. The van der Waals surface area contributed by atoms with Gasteiger partial charge in [0.25, 0.3) is 5.91 Å². The minimum Gasteiger partial charge on any atom is -0.546 e. The molecule has 3 rings (SSSR count). The molecule has 2 aromatic carbocycles. The zero-order valence-corrected chi connectivity index (χ0v) is 15.1. The lowest BCUT2D eigenvalue weighted by Crippen LogP contribution is -2.30. The molecule has 1 heterocycles. The second-order valence-electron chi connectivity index (χ2n) is 5.53. The van der Waals surface area contributed by atoms with Crippen LogP contribution in [0.25, 0.3) is 6.08 Å². The molecule has 0 spiro atoms. The minimum absolute atomic E-state index is 0.240. The van der Waals surface area contributed by atoms with Crippen LogP contribution >= 0.6 is 12.2 Å². The number of hydrogen-bond donors (Lipinski definition) is 1. The van der Waals surface area contributed by atoms with E-state index in [1.807, 2.05) is 0 Å². The fraction of sp³-hybridized carbons (Fsp3) is 0.105. The number of nitrogens with zero attached hydrogens (tertiary/aromatic N) is 1. The molecular formula is C19H15N2O5S-. The van der Waals surface area contributed by atoms with E-state index in [2.05, 4.69) is 5.32 Å². The summed E-state index contributed by atoms with van der Waals surface area (Å²) in [7, 11) is 1.56. The summed E-state index contributed by atoms with van der Waals surface area (Å²) in [6, 6.07) is 13.7. The number of ether oxygens (including phenoxy) is 2. The number of carbonyl (C=O) groups is 2. The van der Waals surface area contributed by atoms with Crippen LogP contribution in [-0.2, 0) is 9.59 Å². The average Bonchev–Trinajstić information content (AvgIpc) is 2.94. The Morgan fingerprint density at radius 3 is 2.59 bits per heavy atom. The van der Waals surface area contributed by atoms with Crippen LogP contribution in [0.1, 0.15) is 5.56 Å². The molecule has 1 fully saturated rings. The average molecular weight is 383 g/mol. The minimum atomic E-state index is -1.33. The lowest BCUT2D eigenvalue weighted by molar-refractivity contribution is -0.307. The summed E-state index contributed by atoms with van der Waals surface area (Å²) in [6.07, 6.45) is 1.56. The van der Waals surface area contributed by atoms with Crippen LogP contribution in [0.15, 0.2) is 54.2 Å². The van der Waals surface area contributed by atoms with E-state index in [1.165, 1.54) is 4.90 Å². The van der Waals surface area contributed by atoms with Crippen LogP contribution in [-0.4, -0.2) is 30.7 Å². The smallest absolute Gasteiger partial charge is 0.281 e. The fourth-order valence-corrected chi connectivity index (χ4v) is 2.82. The number of thiocarbonyl (C=S) groups is 1. The molecule has 0 aliphatic carbocycles. The van der Waals surface area contributed by atoms with Gasteiger partial charge >= 0.3 is 0 Å². The first-order chi connectivity index (χ1) is 13.0. The number of amides is 1. The molecule has 1 aliphatic heterocycles. The van der Waals surface area contributed by atoms with Crippen molar-refractivity contribution in [3.8, 4) is 11.5 Å². The van der Waals surface area contributed by atoms with Gasteiger partial charge in [0.2, 0.25) is 0 Å². The van der Waals surface area contributed by atoms with Crippen molar-refractivity contribution in [3.05, 3.63) is 59.8 Å². The van der Waals surface area contributed by atoms with Crippen molar-refractivity contribution in [1.82, 2.24) is 5.32 Å². The van der Waals surface area contributed by atoms with Crippen molar-refractivity contribution in [1.29, 1.82) is 0 Å². The molecule has 7 nitrogen and oxygen atoms in total. The van der Waals surface area contributed by atoms with E-state index in [-0.39, 0.29) is 16.7 Å². The summed E-state index contributed by atoms with van der Waals surface area (Å²) in [5.41, 5.74) is 1.39. The Balaban J connectivity index is 1.87. The lowest BCUT2D eigenvalue weighted by Gasteiger charge is -2.14. The third-order valence-corrected chi connectivity index (χ3v) is 4.06. The van der Waals surface area contributed by atoms with Gasteiger partial charge in [-0.2, -0.15) is 0 Å². The molecule has 1 aliphatic rings. The maximum atomic E-state index is 12.8. The second kappa shape index (κ2) is 7.88. The number of carbonyl (C=O) groups excluding carboxylic acids is 2. The summed E-state index contributed by atoms with van der Waals surface area (Å²) >= 11 is 5.28. The topological polar surface area (TPSA) is 90.9 Å². The van der Waals surface area contributed by atoms with Crippen LogP contribution in [0.4, 0.5) is 5.69 Å². The largest absolute Gasteiger partial charge is 0.546 e. The van der Waals surface area contributed by atoms with Crippen LogP contribution in [0.5, 0.6) is 11.5 Å². The molecule has 8 heteroatoms. The highest BCUT2D eigenvalue weighted by Crippen LogP contribution is 2.26. The number of aliphatic carboxylic acids is 1. The first kappa shape index (κ1) is 18.4. The maximum absolute atomic E-state index is 12.8. The van der Waals surface area contributed by atoms with E-state index in [9.17, 15) is 14.7 Å².